The molecule has 0 aliphatic carbocycles. The van der Waals surface area contributed by atoms with Gasteiger partial charge in [-0.3, -0.25) is 0 Å². The maximum Gasteiger partial charge on any atom is 0.338 e. The summed E-state index contributed by atoms with van der Waals surface area (Å²) in [5, 5.41) is 2.99. The van der Waals surface area contributed by atoms with E-state index in [1.54, 1.807) is 6.92 Å². The van der Waals surface area contributed by atoms with E-state index in [0.717, 1.165) is 6.54 Å². The number of benzene rings is 1. The van der Waals surface area contributed by atoms with Crippen molar-refractivity contribution >= 4 is 16.0 Å². The minimum absolute atomic E-state index is 0.132. The van der Waals surface area contributed by atoms with Gasteiger partial charge in [-0.15, -0.1) is 0 Å². The molecule has 2 N–H and O–H groups in total. The fourth-order valence-electron chi connectivity index (χ4n) is 1.74. The van der Waals surface area contributed by atoms with E-state index in [4.69, 9.17) is 4.74 Å². The SMILES string of the molecule is CCOC(=O)c1ccc(S(=O)(=O)NCC(C)CNC)cc1. The molecule has 0 saturated carbocycles. The third-order valence-corrected chi connectivity index (χ3v) is 4.29. The van der Waals surface area contributed by atoms with Crippen LogP contribution < -0.4 is 10.0 Å². The molecular formula is C14H22N2O4S. The lowest BCUT2D eigenvalue weighted by Crippen LogP contribution is -2.32. The zero-order valence-electron chi connectivity index (χ0n) is 12.5. The zero-order chi connectivity index (χ0) is 15.9. The van der Waals surface area contributed by atoms with Crippen LogP contribution >= 0.6 is 0 Å². The largest absolute Gasteiger partial charge is 0.462 e. The Bertz CT molecular complexity index is 555. The first-order valence-electron chi connectivity index (χ1n) is 6.82. The molecule has 1 aromatic rings. The van der Waals surface area contributed by atoms with Crippen molar-refractivity contribution in [2.45, 2.75) is 18.7 Å². The monoisotopic (exact) mass is 314 g/mol. The van der Waals surface area contributed by atoms with Crippen LogP contribution in [0.25, 0.3) is 0 Å². The third kappa shape index (κ3) is 5.45. The number of nitrogens with one attached hydrogen (secondary N) is 2. The van der Waals surface area contributed by atoms with Crippen LogP contribution in [0, 0.1) is 5.92 Å². The normalized spacial score (nSPS) is 12.9. The number of hydrogen-bond donors (Lipinski definition) is 2. The molecule has 1 unspecified atom stereocenters. The van der Waals surface area contributed by atoms with Gasteiger partial charge in [0.2, 0.25) is 10.0 Å². The lowest BCUT2D eigenvalue weighted by molar-refractivity contribution is 0.0526. The summed E-state index contributed by atoms with van der Waals surface area (Å²) in [4.78, 5) is 11.6. The molecule has 0 heterocycles. The first-order valence-corrected chi connectivity index (χ1v) is 8.30. The summed E-state index contributed by atoms with van der Waals surface area (Å²) in [5.74, 6) is -0.277. The van der Waals surface area contributed by atoms with E-state index in [1.807, 2.05) is 14.0 Å². The Labute approximate surface area is 125 Å². The Kier molecular flexibility index (Phi) is 6.80. The zero-order valence-corrected chi connectivity index (χ0v) is 13.4. The van der Waals surface area contributed by atoms with Gasteiger partial charge in [0.25, 0.3) is 0 Å². The van der Waals surface area contributed by atoms with Crippen molar-refractivity contribution in [2.75, 3.05) is 26.7 Å². The first-order chi connectivity index (χ1) is 9.90. The number of esters is 1. The molecule has 0 amide bonds. The fraction of sp³-hybridized carbons (Fsp3) is 0.500. The lowest BCUT2D eigenvalue weighted by Gasteiger charge is -2.12. The molecule has 0 fully saturated rings. The predicted octanol–water partition coefficient (Wildman–Crippen LogP) is 0.997. The molecule has 7 heteroatoms. The molecule has 1 rings (SSSR count). The van der Waals surface area contributed by atoms with E-state index < -0.39 is 16.0 Å². The Balaban J connectivity index is 2.73. The number of hydrogen-bond acceptors (Lipinski definition) is 5. The van der Waals surface area contributed by atoms with Gasteiger partial charge in [0.1, 0.15) is 0 Å². The molecule has 0 bridgehead atoms. The number of ether oxygens (including phenoxy) is 1. The Morgan fingerprint density at radius 3 is 2.38 bits per heavy atom. The van der Waals surface area contributed by atoms with Crippen molar-refractivity contribution in [1.82, 2.24) is 10.0 Å². The molecule has 0 aliphatic rings. The molecule has 1 atom stereocenters. The van der Waals surface area contributed by atoms with Gasteiger partial charge in [-0.05, 0) is 50.7 Å². The molecule has 0 aromatic heterocycles. The van der Waals surface area contributed by atoms with E-state index in [-0.39, 0.29) is 17.4 Å². The van der Waals surface area contributed by atoms with Gasteiger partial charge in [0.15, 0.2) is 0 Å². The van der Waals surface area contributed by atoms with Gasteiger partial charge in [-0.2, -0.15) is 0 Å². The van der Waals surface area contributed by atoms with Gasteiger partial charge in [0, 0.05) is 6.54 Å². The van der Waals surface area contributed by atoms with Crippen LogP contribution in [0.1, 0.15) is 24.2 Å². The Hall–Kier alpha value is -1.44. The van der Waals surface area contributed by atoms with E-state index in [9.17, 15) is 13.2 Å². The number of carbonyl (C=O) groups excluding carboxylic acids is 1. The Morgan fingerprint density at radius 2 is 1.86 bits per heavy atom. The van der Waals surface area contributed by atoms with Crippen molar-refractivity contribution in [1.29, 1.82) is 0 Å². The molecule has 6 nitrogen and oxygen atoms in total. The summed E-state index contributed by atoms with van der Waals surface area (Å²) < 4.78 is 31.6. The van der Waals surface area contributed by atoms with Gasteiger partial charge in [-0.25, -0.2) is 17.9 Å². The summed E-state index contributed by atoms with van der Waals surface area (Å²) in [6, 6.07) is 5.70. The number of carbonyl (C=O) groups is 1. The average Bonchev–Trinajstić information content (AvgIpc) is 2.46. The smallest absolute Gasteiger partial charge is 0.338 e. The van der Waals surface area contributed by atoms with Crippen molar-refractivity contribution in [3.63, 3.8) is 0 Å². The highest BCUT2D eigenvalue weighted by Gasteiger charge is 2.16. The first kappa shape index (κ1) is 17.6. The minimum Gasteiger partial charge on any atom is -0.462 e. The van der Waals surface area contributed by atoms with Gasteiger partial charge in [0.05, 0.1) is 17.1 Å². The third-order valence-electron chi connectivity index (χ3n) is 2.85. The summed E-state index contributed by atoms with van der Waals surface area (Å²) in [6.45, 7) is 5.02. The summed E-state index contributed by atoms with van der Waals surface area (Å²) >= 11 is 0. The molecule has 0 spiro atoms. The second-order valence-corrected chi connectivity index (χ2v) is 6.53. The van der Waals surface area contributed by atoms with Crippen LogP contribution in [-0.2, 0) is 14.8 Å². The van der Waals surface area contributed by atoms with Crippen LogP contribution in [0.5, 0.6) is 0 Å². The molecule has 118 valence electrons. The van der Waals surface area contributed by atoms with Gasteiger partial charge >= 0.3 is 5.97 Å². The minimum atomic E-state index is -3.56. The van der Waals surface area contributed by atoms with Crippen LogP contribution in [0.4, 0.5) is 0 Å². The molecular weight excluding hydrogens is 292 g/mol. The van der Waals surface area contributed by atoms with E-state index in [2.05, 4.69) is 10.0 Å². The van der Waals surface area contributed by atoms with Crippen molar-refractivity contribution in [3.8, 4) is 0 Å². The summed E-state index contributed by atoms with van der Waals surface area (Å²) in [6.07, 6.45) is 0. The van der Waals surface area contributed by atoms with Crippen molar-refractivity contribution in [2.24, 2.45) is 5.92 Å². The van der Waals surface area contributed by atoms with E-state index in [1.165, 1.54) is 24.3 Å². The topological polar surface area (TPSA) is 84.5 Å². The standard InChI is InChI=1S/C14H22N2O4S/c1-4-20-14(17)12-5-7-13(8-6-12)21(18,19)16-10-11(2)9-15-3/h5-8,11,15-16H,4,9-10H2,1-3H3. The maximum atomic E-state index is 12.1. The number of sulfonamides is 1. The highest BCUT2D eigenvalue weighted by molar-refractivity contribution is 7.89. The summed E-state index contributed by atoms with van der Waals surface area (Å²) in [7, 11) is -1.74. The molecule has 0 aliphatic heterocycles. The quantitative estimate of drug-likeness (QED) is 0.699. The second-order valence-electron chi connectivity index (χ2n) is 4.76. The summed E-state index contributed by atoms with van der Waals surface area (Å²) in [5.41, 5.74) is 0.333. The van der Waals surface area contributed by atoms with Crippen molar-refractivity contribution in [3.05, 3.63) is 29.8 Å². The van der Waals surface area contributed by atoms with E-state index in [0.29, 0.717) is 12.1 Å². The Morgan fingerprint density at radius 1 is 1.24 bits per heavy atom. The van der Waals surface area contributed by atoms with Crippen LogP contribution in [0.15, 0.2) is 29.2 Å². The van der Waals surface area contributed by atoms with E-state index >= 15 is 0 Å². The molecule has 0 saturated heterocycles. The molecule has 0 radical (unpaired) electrons. The van der Waals surface area contributed by atoms with Gasteiger partial charge in [-0.1, -0.05) is 6.92 Å². The van der Waals surface area contributed by atoms with Gasteiger partial charge < -0.3 is 10.1 Å². The second kappa shape index (κ2) is 8.11. The van der Waals surface area contributed by atoms with Crippen LogP contribution in [-0.4, -0.2) is 41.1 Å². The van der Waals surface area contributed by atoms with Crippen molar-refractivity contribution < 1.29 is 17.9 Å². The highest BCUT2D eigenvalue weighted by atomic mass is 32.2. The maximum absolute atomic E-state index is 12.1. The molecule has 1 aromatic carbocycles. The average molecular weight is 314 g/mol. The fourth-order valence-corrected chi connectivity index (χ4v) is 2.91. The van der Waals surface area contributed by atoms with Crippen LogP contribution in [0.2, 0.25) is 0 Å². The van der Waals surface area contributed by atoms with Crippen LogP contribution in [0.3, 0.4) is 0 Å². The predicted molar refractivity (Wildman–Crippen MR) is 80.7 cm³/mol. The lowest BCUT2D eigenvalue weighted by atomic mass is 10.2. The number of rotatable bonds is 8. The highest BCUT2D eigenvalue weighted by Crippen LogP contribution is 2.11. The molecule has 21 heavy (non-hydrogen) atoms.